The van der Waals surface area contributed by atoms with Crippen molar-refractivity contribution in [2.75, 3.05) is 39.3 Å². The van der Waals surface area contributed by atoms with E-state index in [1.807, 2.05) is 18.7 Å². The van der Waals surface area contributed by atoms with Gasteiger partial charge in [-0.1, -0.05) is 13.8 Å². The Morgan fingerprint density at radius 2 is 2.00 bits per heavy atom. The van der Waals surface area contributed by atoms with Crippen molar-refractivity contribution in [1.82, 2.24) is 9.80 Å². The number of benzene rings is 1. The zero-order valence-electron chi connectivity index (χ0n) is 16.3. The van der Waals surface area contributed by atoms with Gasteiger partial charge in [0.1, 0.15) is 5.82 Å². The topological polar surface area (TPSA) is 53.0 Å². The van der Waals surface area contributed by atoms with Crippen molar-refractivity contribution in [3.63, 3.8) is 0 Å². The molecule has 0 aromatic heterocycles. The van der Waals surface area contributed by atoms with E-state index in [0.717, 1.165) is 25.9 Å². The summed E-state index contributed by atoms with van der Waals surface area (Å²) in [6.07, 6.45) is 1.89. The van der Waals surface area contributed by atoms with E-state index in [-0.39, 0.29) is 29.9 Å². The van der Waals surface area contributed by atoms with Crippen molar-refractivity contribution in [3.8, 4) is 0 Å². The maximum absolute atomic E-state index is 13.2. The van der Waals surface area contributed by atoms with Crippen molar-refractivity contribution in [3.05, 3.63) is 35.6 Å². The van der Waals surface area contributed by atoms with Crippen LogP contribution in [0.15, 0.2) is 24.3 Å². The minimum Gasteiger partial charge on any atom is -0.392 e. The Hall–Kier alpha value is -1.50. The summed E-state index contributed by atoms with van der Waals surface area (Å²) >= 11 is 0. The number of aliphatic hydroxyl groups is 1. The van der Waals surface area contributed by atoms with Gasteiger partial charge in [-0.3, -0.25) is 9.69 Å². The number of nitrogens with zero attached hydrogens (tertiary/aromatic N) is 2. The van der Waals surface area contributed by atoms with Crippen LogP contribution in [0.2, 0.25) is 0 Å². The number of amides is 1. The van der Waals surface area contributed by atoms with E-state index in [2.05, 4.69) is 4.90 Å². The van der Waals surface area contributed by atoms with Crippen LogP contribution in [0.1, 0.15) is 37.0 Å². The number of aliphatic hydroxyl groups excluding tert-OH is 1. The molecule has 0 unspecified atom stereocenters. The van der Waals surface area contributed by atoms with Gasteiger partial charge in [0.25, 0.3) is 5.91 Å². The Kier molecular flexibility index (Phi) is 6.84. The fourth-order valence-electron chi connectivity index (χ4n) is 3.41. The first-order chi connectivity index (χ1) is 12.9. The summed E-state index contributed by atoms with van der Waals surface area (Å²) in [6, 6.07) is 5.75. The molecule has 1 saturated heterocycles. The molecule has 1 N–H and O–H groups in total. The molecule has 1 amide bonds. The van der Waals surface area contributed by atoms with Crippen molar-refractivity contribution >= 4 is 5.91 Å². The monoisotopic (exact) mass is 378 g/mol. The van der Waals surface area contributed by atoms with E-state index in [0.29, 0.717) is 37.7 Å². The molecule has 2 atom stereocenters. The Labute approximate surface area is 161 Å². The van der Waals surface area contributed by atoms with Crippen LogP contribution in [-0.2, 0) is 4.74 Å². The van der Waals surface area contributed by atoms with E-state index in [1.165, 1.54) is 12.1 Å². The Bertz CT molecular complexity index is 618. The molecule has 27 heavy (non-hydrogen) atoms. The molecule has 1 heterocycles. The van der Waals surface area contributed by atoms with Crippen molar-refractivity contribution in [1.29, 1.82) is 0 Å². The lowest BCUT2D eigenvalue weighted by molar-refractivity contribution is -0.0543. The molecule has 0 radical (unpaired) electrons. The van der Waals surface area contributed by atoms with E-state index in [9.17, 15) is 14.3 Å². The maximum atomic E-state index is 13.2. The molecule has 1 aliphatic carbocycles. The van der Waals surface area contributed by atoms with Gasteiger partial charge in [-0.2, -0.15) is 0 Å². The highest BCUT2D eigenvalue weighted by Crippen LogP contribution is 2.30. The fraction of sp³-hybridized carbons (Fsp3) is 0.667. The van der Waals surface area contributed by atoms with Crippen molar-refractivity contribution in [2.24, 2.45) is 11.8 Å². The minimum atomic E-state index is -0.354. The van der Waals surface area contributed by atoms with E-state index in [4.69, 9.17) is 4.74 Å². The second-order valence-electron chi connectivity index (χ2n) is 8.22. The van der Waals surface area contributed by atoms with Crippen LogP contribution in [0.25, 0.3) is 0 Å². The molecule has 6 heteroatoms. The van der Waals surface area contributed by atoms with Crippen molar-refractivity contribution < 1.29 is 19.0 Å². The zero-order chi connectivity index (χ0) is 19.4. The van der Waals surface area contributed by atoms with Crippen LogP contribution in [0.4, 0.5) is 4.39 Å². The predicted octanol–water partition coefficient (Wildman–Crippen LogP) is 2.40. The number of halogens is 1. The first kappa shape index (κ1) is 20.2. The lowest BCUT2D eigenvalue weighted by atomic mass is 10.1. The van der Waals surface area contributed by atoms with Crippen LogP contribution in [0.5, 0.6) is 0 Å². The third kappa shape index (κ3) is 5.99. The molecule has 3 rings (SSSR count). The quantitative estimate of drug-likeness (QED) is 0.755. The van der Waals surface area contributed by atoms with Gasteiger partial charge < -0.3 is 14.7 Å². The molecular formula is C21H31FN2O3. The zero-order valence-corrected chi connectivity index (χ0v) is 16.3. The molecule has 2 aliphatic rings. The van der Waals surface area contributed by atoms with Crippen LogP contribution in [0, 0.1) is 17.7 Å². The summed E-state index contributed by atoms with van der Waals surface area (Å²) in [5.74, 6) is 0.384. The first-order valence-corrected chi connectivity index (χ1v) is 9.99. The second kappa shape index (κ2) is 9.13. The van der Waals surface area contributed by atoms with Gasteiger partial charge in [0, 0.05) is 38.3 Å². The number of hydrogen-bond acceptors (Lipinski definition) is 4. The standard InChI is InChI=1S/C21H31FN2O3/c1-15(2)20(25)14-23-9-10-27-19(12-23)13-24(11-16-3-4-16)21(26)17-5-7-18(22)8-6-17/h5-8,15-16,19-20,25H,3-4,9-14H2,1-2H3/t19-,20-/m1/s1. The van der Waals surface area contributed by atoms with Gasteiger partial charge >= 0.3 is 0 Å². The molecule has 1 aliphatic heterocycles. The van der Waals surface area contributed by atoms with Gasteiger partial charge in [-0.15, -0.1) is 0 Å². The highest BCUT2D eigenvalue weighted by Gasteiger charge is 2.31. The smallest absolute Gasteiger partial charge is 0.253 e. The SMILES string of the molecule is CC(C)[C@H](O)CN1CCO[C@@H](CN(CC2CC2)C(=O)c2ccc(F)cc2)C1. The van der Waals surface area contributed by atoms with E-state index in [1.54, 1.807) is 12.1 Å². The highest BCUT2D eigenvalue weighted by molar-refractivity contribution is 5.94. The predicted molar refractivity (Wildman–Crippen MR) is 102 cm³/mol. The summed E-state index contributed by atoms with van der Waals surface area (Å²) in [5, 5.41) is 10.2. The number of hydrogen-bond donors (Lipinski definition) is 1. The molecule has 150 valence electrons. The number of ether oxygens (including phenoxy) is 1. The normalized spacial score (nSPS) is 22.0. The maximum Gasteiger partial charge on any atom is 0.253 e. The Morgan fingerprint density at radius 3 is 2.63 bits per heavy atom. The number of carbonyl (C=O) groups excluding carboxylic acids is 1. The Morgan fingerprint density at radius 1 is 1.30 bits per heavy atom. The lowest BCUT2D eigenvalue weighted by Gasteiger charge is -2.37. The van der Waals surface area contributed by atoms with Gasteiger partial charge in [0.15, 0.2) is 0 Å². The summed E-state index contributed by atoms with van der Waals surface area (Å²) in [5.41, 5.74) is 0.514. The van der Waals surface area contributed by atoms with E-state index < -0.39 is 0 Å². The van der Waals surface area contributed by atoms with Gasteiger partial charge in [0.2, 0.25) is 0 Å². The van der Waals surface area contributed by atoms with Crippen molar-refractivity contribution in [2.45, 2.75) is 38.9 Å². The largest absolute Gasteiger partial charge is 0.392 e. The first-order valence-electron chi connectivity index (χ1n) is 9.99. The molecule has 1 saturated carbocycles. The molecule has 0 spiro atoms. The highest BCUT2D eigenvalue weighted by atomic mass is 19.1. The number of carbonyl (C=O) groups is 1. The summed E-state index contributed by atoms with van der Waals surface area (Å²) in [6.45, 7) is 8.04. The van der Waals surface area contributed by atoms with Gasteiger partial charge in [-0.25, -0.2) is 4.39 Å². The van der Waals surface area contributed by atoms with Crippen LogP contribution in [0.3, 0.4) is 0 Å². The molecule has 5 nitrogen and oxygen atoms in total. The number of rotatable bonds is 8. The molecule has 1 aromatic rings. The third-order valence-corrected chi connectivity index (χ3v) is 5.42. The average molecular weight is 378 g/mol. The lowest BCUT2D eigenvalue weighted by Crippen LogP contribution is -2.51. The molecule has 1 aromatic carbocycles. The van der Waals surface area contributed by atoms with Crippen LogP contribution in [-0.4, -0.2) is 72.4 Å². The third-order valence-electron chi connectivity index (χ3n) is 5.42. The molecular weight excluding hydrogens is 347 g/mol. The second-order valence-corrected chi connectivity index (χ2v) is 8.22. The van der Waals surface area contributed by atoms with E-state index >= 15 is 0 Å². The van der Waals surface area contributed by atoms with Crippen LogP contribution < -0.4 is 0 Å². The average Bonchev–Trinajstić information content (AvgIpc) is 3.45. The number of β-amino-alcohol motifs (C(OH)–C–C–N with tert-alkyl or cyclic N) is 1. The van der Waals surface area contributed by atoms with Gasteiger partial charge in [0.05, 0.1) is 18.8 Å². The summed E-state index contributed by atoms with van der Waals surface area (Å²) in [4.78, 5) is 17.0. The summed E-state index contributed by atoms with van der Waals surface area (Å²) < 4.78 is 19.1. The Balaban J connectivity index is 1.61. The molecule has 2 fully saturated rings. The number of morpholine rings is 1. The molecule has 0 bridgehead atoms. The van der Waals surface area contributed by atoms with Gasteiger partial charge in [-0.05, 0) is 48.9 Å². The minimum absolute atomic E-state index is 0.0650. The fourth-order valence-corrected chi connectivity index (χ4v) is 3.41. The van der Waals surface area contributed by atoms with Crippen LogP contribution >= 0.6 is 0 Å². The summed E-state index contributed by atoms with van der Waals surface area (Å²) in [7, 11) is 0.